The molecule has 1 N–H and O–H groups in total. The topological polar surface area (TPSA) is 37.3 Å². The Morgan fingerprint density at radius 3 is 2.00 bits per heavy atom. The summed E-state index contributed by atoms with van der Waals surface area (Å²) < 4.78 is 0. The smallest absolute Gasteiger partial charge is 0.303 e. The van der Waals surface area contributed by atoms with Crippen LogP contribution in [0.2, 0.25) is 0 Å². The lowest BCUT2D eigenvalue weighted by Crippen LogP contribution is -1.92. The SMILES string of the molecule is C#CCCCCCCCC#CCCCC(=O)O. The molecule has 0 radical (unpaired) electrons. The molecule has 0 bridgehead atoms. The van der Waals surface area contributed by atoms with Crippen LogP contribution < -0.4 is 0 Å². The van der Waals surface area contributed by atoms with E-state index in [1.807, 2.05) is 0 Å². The molecule has 2 nitrogen and oxygen atoms in total. The van der Waals surface area contributed by atoms with Gasteiger partial charge in [0.1, 0.15) is 0 Å². The molecular formula is C15H22O2. The Morgan fingerprint density at radius 2 is 1.41 bits per heavy atom. The van der Waals surface area contributed by atoms with Crippen molar-refractivity contribution in [3.8, 4) is 24.2 Å². The van der Waals surface area contributed by atoms with Gasteiger partial charge in [-0.2, -0.15) is 0 Å². The van der Waals surface area contributed by atoms with Gasteiger partial charge in [0.05, 0.1) is 0 Å². The fraction of sp³-hybridized carbons (Fsp3) is 0.667. The third-order valence-electron chi connectivity index (χ3n) is 2.44. The molecular weight excluding hydrogens is 212 g/mol. The molecule has 0 aromatic carbocycles. The van der Waals surface area contributed by atoms with Gasteiger partial charge in [0.25, 0.3) is 0 Å². The molecule has 0 spiro atoms. The van der Waals surface area contributed by atoms with Crippen LogP contribution in [0.25, 0.3) is 0 Å². The van der Waals surface area contributed by atoms with Crippen LogP contribution in [0.5, 0.6) is 0 Å². The highest BCUT2D eigenvalue weighted by molar-refractivity contribution is 5.66. The van der Waals surface area contributed by atoms with Crippen molar-refractivity contribution in [3.05, 3.63) is 0 Å². The fourth-order valence-corrected chi connectivity index (χ4v) is 1.48. The van der Waals surface area contributed by atoms with Crippen LogP contribution in [-0.2, 0) is 4.79 Å². The zero-order valence-electron chi connectivity index (χ0n) is 10.5. The van der Waals surface area contributed by atoms with Crippen molar-refractivity contribution in [2.24, 2.45) is 0 Å². The van der Waals surface area contributed by atoms with Crippen molar-refractivity contribution in [1.29, 1.82) is 0 Å². The van der Waals surface area contributed by atoms with E-state index < -0.39 is 5.97 Å². The van der Waals surface area contributed by atoms with Gasteiger partial charge >= 0.3 is 5.97 Å². The maximum atomic E-state index is 10.2. The predicted octanol–water partition coefficient (Wildman–Crippen LogP) is 3.61. The van der Waals surface area contributed by atoms with E-state index >= 15 is 0 Å². The molecule has 0 aromatic rings. The Labute approximate surface area is 105 Å². The average molecular weight is 234 g/mol. The number of carbonyl (C=O) groups is 1. The molecule has 0 atom stereocenters. The van der Waals surface area contributed by atoms with Crippen LogP contribution in [0.4, 0.5) is 0 Å². The first-order valence-electron chi connectivity index (χ1n) is 6.38. The highest BCUT2D eigenvalue weighted by Crippen LogP contribution is 2.06. The summed E-state index contributed by atoms with van der Waals surface area (Å²) in [6.45, 7) is 0. The molecule has 0 saturated heterocycles. The van der Waals surface area contributed by atoms with Gasteiger partial charge in [-0.25, -0.2) is 0 Å². The van der Waals surface area contributed by atoms with Crippen LogP contribution in [0, 0.1) is 24.2 Å². The van der Waals surface area contributed by atoms with Gasteiger partial charge in [0, 0.05) is 25.7 Å². The minimum absolute atomic E-state index is 0.226. The molecule has 2 heteroatoms. The Balaban J connectivity index is 3.14. The number of carboxylic acid groups (broad SMARTS) is 1. The van der Waals surface area contributed by atoms with E-state index in [9.17, 15) is 4.79 Å². The van der Waals surface area contributed by atoms with Gasteiger partial charge in [0.15, 0.2) is 0 Å². The Kier molecular flexibility index (Phi) is 11.6. The van der Waals surface area contributed by atoms with Crippen LogP contribution in [0.3, 0.4) is 0 Å². The first-order valence-corrected chi connectivity index (χ1v) is 6.38. The number of aliphatic carboxylic acids is 1. The highest BCUT2D eigenvalue weighted by atomic mass is 16.4. The van der Waals surface area contributed by atoms with E-state index in [0.29, 0.717) is 12.8 Å². The van der Waals surface area contributed by atoms with E-state index in [-0.39, 0.29) is 6.42 Å². The first kappa shape index (κ1) is 15.6. The Bertz CT molecular complexity index is 288. The molecule has 94 valence electrons. The van der Waals surface area contributed by atoms with E-state index in [2.05, 4.69) is 17.8 Å². The summed E-state index contributed by atoms with van der Waals surface area (Å²) in [6, 6.07) is 0. The van der Waals surface area contributed by atoms with Gasteiger partial charge in [-0.1, -0.05) is 19.3 Å². The van der Waals surface area contributed by atoms with E-state index in [1.165, 1.54) is 19.3 Å². The molecule has 0 aliphatic heterocycles. The molecule has 17 heavy (non-hydrogen) atoms. The quantitative estimate of drug-likeness (QED) is 0.489. The van der Waals surface area contributed by atoms with Gasteiger partial charge in [-0.15, -0.1) is 24.2 Å². The van der Waals surface area contributed by atoms with Crippen molar-refractivity contribution in [2.45, 2.75) is 64.2 Å². The van der Waals surface area contributed by atoms with Crippen LogP contribution in [0.15, 0.2) is 0 Å². The average Bonchev–Trinajstić information content (AvgIpc) is 2.30. The minimum atomic E-state index is -0.737. The second-order valence-electron chi connectivity index (χ2n) is 4.07. The molecule has 0 unspecified atom stereocenters. The van der Waals surface area contributed by atoms with Gasteiger partial charge in [-0.05, 0) is 19.3 Å². The highest BCUT2D eigenvalue weighted by Gasteiger charge is 1.93. The maximum Gasteiger partial charge on any atom is 0.303 e. The van der Waals surface area contributed by atoms with Gasteiger partial charge in [-0.3, -0.25) is 4.79 Å². The number of hydrogen-bond donors (Lipinski definition) is 1. The van der Waals surface area contributed by atoms with E-state index in [1.54, 1.807) is 0 Å². The number of unbranched alkanes of at least 4 members (excludes halogenated alkanes) is 7. The molecule has 0 fully saturated rings. The van der Waals surface area contributed by atoms with Crippen molar-refractivity contribution < 1.29 is 9.90 Å². The first-order chi connectivity index (χ1) is 8.27. The van der Waals surface area contributed by atoms with Crippen molar-refractivity contribution >= 4 is 5.97 Å². The van der Waals surface area contributed by atoms with Crippen molar-refractivity contribution in [1.82, 2.24) is 0 Å². The molecule has 0 aliphatic carbocycles. The Morgan fingerprint density at radius 1 is 0.882 bits per heavy atom. The van der Waals surface area contributed by atoms with Crippen LogP contribution >= 0.6 is 0 Å². The molecule has 0 rings (SSSR count). The standard InChI is InChI=1S/C15H22O2/c1-2-3-4-5-6-7-8-9-10-11-12-13-14-15(16)17/h1H,3-9,12-14H2,(H,16,17). The zero-order chi connectivity index (χ0) is 12.8. The van der Waals surface area contributed by atoms with Crippen molar-refractivity contribution in [3.63, 3.8) is 0 Å². The number of rotatable bonds is 9. The lowest BCUT2D eigenvalue weighted by atomic mass is 10.1. The lowest BCUT2D eigenvalue weighted by molar-refractivity contribution is -0.137. The maximum absolute atomic E-state index is 10.2. The number of hydrogen-bond acceptors (Lipinski definition) is 1. The third-order valence-corrected chi connectivity index (χ3v) is 2.44. The van der Waals surface area contributed by atoms with E-state index in [4.69, 9.17) is 11.5 Å². The lowest BCUT2D eigenvalue weighted by Gasteiger charge is -1.96. The second-order valence-corrected chi connectivity index (χ2v) is 4.07. The molecule has 0 saturated carbocycles. The van der Waals surface area contributed by atoms with E-state index in [0.717, 1.165) is 25.7 Å². The third kappa shape index (κ3) is 14.6. The largest absolute Gasteiger partial charge is 0.481 e. The molecule has 0 amide bonds. The van der Waals surface area contributed by atoms with Crippen LogP contribution in [-0.4, -0.2) is 11.1 Å². The summed E-state index contributed by atoms with van der Waals surface area (Å²) in [5, 5.41) is 8.41. The zero-order valence-corrected chi connectivity index (χ0v) is 10.5. The van der Waals surface area contributed by atoms with Crippen molar-refractivity contribution in [2.75, 3.05) is 0 Å². The molecule has 0 aromatic heterocycles. The summed E-state index contributed by atoms with van der Waals surface area (Å²) >= 11 is 0. The summed E-state index contributed by atoms with van der Waals surface area (Å²) in [6.07, 6.45) is 14.5. The normalized spacial score (nSPS) is 9.12. The minimum Gasteiger partial charge on any atom is -0.481 e. The number of terminal acetylenes is 1. The Hall–Kier alpha value is -1.41. The molecule has 0 heterocycles. The summed E-state index contributed by atoms with van der Waals surface area (Å²) in [4.78, 5) is 10.2. The predicted molar refractivity (Wildman–Crippen MR) is 70.4 cm³/mol. The summed E-state index contributed by atoms with van der Waals surface area (Å²) in [7, 11) is 0. The van der Waals surface area contributed by atoms with Crippen LogP contribution in [0.1, 0.15) is 64.2 Å². The molecule has 0 aliphatic rings. The fourth-order valence-electron chi connectivity index (χ4n) is 1.48. The number of carboxylic acids is 1. The summed E-state index contributed by atoms with van der Waals surface area (Å²) in [5.41, 5.74) is 0. The summed E-state index contributed by atoms with van der Waals surface area (Å²) in [5.74, 6) is 8.00. The monoisotopic (exact) mass is 234 g/mol. The van der Waals surface area contributed by atoms with Gasteiger partial charge in [0.2, 0.25) is 0 Å². The second kappa shape index (κ2) is 12.7. The van der Waals surface area contributed by atoms with Gasteiger partial charge < -0.3 is 5.11 Å².